The summed E-state index contributed by atoms with van der Waals surface area (Å²) in [5, 5.41) is 13.8. The van der Waals surface area contributed by atoms with Crippen LogP contribution in [0.4, 0.5) is 11.6 Å². The number of methoxy groups -OCH3 is 1. The molecule has 7 aromatic rings. The van der Waals surface area contributed by atoms with E-state index in [1.54, 1.807) is 24.1 Å². The average molecular weight is 511 g/mol. The van der Waals surface area contributed by atoms with Crippen molar-refractivity contribution in [3.05, 3.63) is 114 Å². The fraction of sp³-hybridized carbons (Fsp3) is 0.0323. The Bertz CT molecular complexity index is 2060. The highest BCUT2D eigenvalue weighted by molar-refractivity contribution is 6.02. The molecule has 4 aromatic carbocycles. The van der Waals surface area contributed by atoms with Gasteiger partial charge in [-0.25, -0.2) is 4.98 Å². The molecule has 0 saturated carbocycles. The summed E-state index contributed by atoms with van der Waals surface area (Å²) in [4.78, 5) is 23.1. The molecule has 39 heavy (non-hydrogen) atoms. The summed E-state index contributed by atoms with van der Waals surface area (Å²) in [7, 11) is 1.62. The quantitative estimate of drug-likeness (QED) is 0.285. The van der Waals surface area contributed by atoms with E-state index in [0.717, 1.165) is 33.3 Å². The lowest BCUT2D eigenvalue weighted by atomic mass is 9.98. The molecule has 0 bridgehead atoms. The fourth-order valence-electron chi connectivity index (χ4n) is 4.98. The van der Waals surface area contributed by atoms with Crippen molar-refractivity contribution in [2.24, 2.45) is 0 Å². The van der Waals surface area contributed by atoms with Crippen molar-refractivity contribution >= 4 is 44.3 Å². The van der Waals surface area contributed by atoms with Crippen molar-refractivity contribution in [3.8, 4) is 22.6 Å². The summed E-state index contributed by atoms with van der Waals surface area (Å²) in [6.07, 6.45) is 3.31. The van der Waals surface area contributed by atoms with Crippen molar-refractivity contribution in [2.75, 3.05) is 12.4 Å². The molecule has 0 spiro atoms. The molecule has 2 N–H and O–H groups in total. The smallest absolute Gasteiger partial charge is 0.267 e. The summed E-state index contributed by atoms with van der Waals surface area (Å²) in [6, 6.07) is 29.9. The second kappa shape index (κ2) is 9.11. The Morgan fingerprint density at radius 1 is 0.872 bits per heavy atom. The normalized spacial score (nSPS) is 11.3. The van der Waals surface area contributed by atoms with Gasteiger partial charge in [-0.1, -0.05) is 54.6 Å². The van der Waals surface area contributed by atoms with Gasteiger partial charge in [-0.2, -0.15) is 10.1 Å². The predicted molar refractivity (Wildman–Crippen MR) is 154 cm³/mol. The van der Waals surface area contributed by atoms with Crippen molar-refractivity contribution in [2.45, 2.75) is 0 Å². The second-order valence-corrected chi connectivity index (χ2v) is 9.15. The maximum Gasteiger partial charge on any atom is 0.267 e. The molecule has 0 aliphatic rings. The van der Waals surface area contributed by atoms with E-state index in [1.165, 1.54) is 0 Å². The lowest BCUT2D eigenvalue weighted by molar-refractivity contribution is 0.415. The highest BCUT2D eigenvalue weighted by Crippen LogP contribution is 2.31. The van der Waals surface area contributed by atoms with Gasteiger partial charge in [0.15, 0.2) is 5.65 Å². The minimum Gasteiger partial charge on any atom is -0.497 e. The number of aromatic amines is 1. The Labute approximate surface area is 222 Å². The maximum atomic E-state index is 13.8. The molecule has 7 rings (SSSR count). The van der Waals surface area contributed by atoms with Gasteiger partial charge in [0, 0.05) is 18.1 Å². The molecular weight excluding hydrogens is 488 g/mol. The van der Waals surface area contributed by atoms with E-state index in [1.807, 2.05) is 60.7 Å². The zero-order valence-corrected chi connectivity index (χ0v) is 20.9. The number of anilines is 2. The van der Waals surface area contributed by atoms with E-state index >= 15 is 0 Å². The minimum absolute atomic E-state index is 0.213. The van der Waals surface area contributed by atoms with Crippen LogP contribution in [-0.2, 0) is 0 Å². The van der Waals surface area contributed by atoms with Gasteiger partial charge in [0.2, 0.25) is 5.95 Å². The predicted octanol–water partition coefficient (Wildman–Crippen LogP) is 6.23. The molecule has 3 aromatic heterocycles. The Morgan fingerprint density at radius 3 is 2.56 bits per heavy atom. The van der Waals surface area contributed by atoms with Crippen molar-refractivity contribution in [1.29, 1.82) is 0 Å². The number of hydrogen-bond acceptors (Lipinski definition) is 6. The number of nitrogens with one attached hydrogen (secondary N) is 2. The molecule has 188 valence electrons. The van der Waals surface area contributed by atoms with Gasteiger partial charge in [-0.15, -0.1) is 0 Å². The van der Waals surface area contributed by atoms with Gasteiger partial charge < -0.3 is 10.1 Å². The summed E-state index contributed by atoms with van der Waals surface area (Å²) in [6.45, 7) is 0. The van der Waals surface area contributed by atoms with E-state index in [0.29, 0.717) is 33.6 Å². The molecule has 0 atom stereocenters. The van der Waals surface area contributed by atoms with Crippen molar-refractivity contribution in [1.82, 2.24) is 24.7 Å². The molecule has 0 amide bonds. The van der Waals surface area contributed by atoms with Crippen LogP contribution in [0.1, 0.15) is 0 Å². The number of aromatic nitrogens is 5. The molecule has 0 fully saturated rings. The standard InChI is InChI=1S/C31H22N6O2/c1-39-23-14-12-21(13-15-23)34-31-32-17-26-28-27(18-33-36-28)30(38)37(29(26)35-31)22-9-4-8-20(16-22)25-11-5-7-19-6-2-3-10-24(19)25/h2-18H,1H3,(H,33,36)(H,32,34,35). The maximum absolute atomic E-state index is 13.8. The monoisotopic (exact) mass is 510 g/mol. The molecule has 0 radical (unpaired) electrons. The first-order valence-corrected chi connectivity index (χ1v) is 12.4. The summed E-state index contributed by atoms with van der Waals surface area (Å²) >= 11 is 0. The van der Waals surface area contributed by atoms with E-state index in [4.69, 9.17) is 9.72 Å². The van der Waals surface area contributed by atoms with Crippen LogP contribution in [-0.4, -0.2) is 31.8 Å². The third-order valence-electron chi connectivity index (χ3n) is 6.86. The largest absolute Gasteiger partial charge is 0.497 e. The number of rotatable bonds is 5. The molecule has 8 nitrogen and oxygen atoms in total. The Hall–Kier alpha value is -5.50. The number of nitrogens with zero attached hydrogens (tertiary/aromatic N) is 4. The number of benzene rings is 4. The summed E-state index contributed by atoms with van der Waals surface area (Å²) in [5.41, 5.74) is 4.37. The third-order valence-corrected chi connectivity index (χ3v) is 6.86. The fourth-order valence-corrected chi connectivity index (χ4v) is 4.98. The third kappa shape index (κ3) is 3.86. The highest BCUT2D eigenvalue weighted by atomic mass is 16.5. The van der Waals surface area contributed by atoms with E-state index in [9.17, 15) is 4.79 Å². The van der Waals surface area contributed by atoms with Crippen LogP contribution in [0.25, 0.3) is 49.5 Å². The number of hydrogen-bond donors (Lipinski definition) is 2. The highest BCUT2D eigenvalue weighted by Gasteiger charge is 2.17. The Balaban J connectivity index is 1.42. The first kappa shape index (κ1) is 22.7. The Kier molecular flexibility index (Phi) is 5.30. The molecule has 0 aliphatic heterocycles. The SMILES string of the molecule is COc1ccc(Nc2ncc3c4n[nH]cc4c(=O)n(-c4cccc(-c5cccc6ccccc56)c4)c3n2)cc1. The number of fused-ring (bicyclic) bond motifs is 4. The topological polar surface area (TPSA) is 97.7 Å². The summed E-state index contributed by atoms with van der Waals surface area (Å²) < 4.78 is 6.87. The van der Waals surface area contributed by atoms with E-state index in [-0.39, 0.29) is 5.56 Å². The first-order chi connectivity index (χ1) is 19.2. The number of ether oxygens (including phenoxy) is 1. The van der Waals surface area contributed by atoms with Crippen LogP contribution in [0.3, 0.4) is 0 Å². The van der Waals surface area contributed by atoms with Crippen molar-refractivity contribution < 1.29 is 4.74 Å². The zero-order valence-electron chi connectivity index (χ0n) is 20.9. The average Bonchev–Trinajstić information content (AvgIpc) is 3.48. The van der Waals surface area contributed by atoms with Gasteiger partial charge >= 0.3 is 0 Å². The lowest BCUT2D eigenvalue weighted by Crippen LogP contribution is -2.20. The molecule has 0 unspecified atom stereocenters. The van der Waals surface area contributed by atoms with Crippen LogP contribution in [0.15, 0.2) is 108 Å². The van der Waals surface area contributed by atoms with Gasteiger partial charge in [0.1, 0.15) is 11.3 Å². The van der Waals surface area contributed by atoms with Gasteiger partial charge in [0.25, 0.3) is 5.56 Å². The van der Waals surface area contributed by atoms with Crippen molar-refractivity contribution in [3.63, 3.8) is 0 Å². The lowest BCUT2D eigenvalue weighted by Gasteiger charge is -2.14. The van der Waals surface area contributed by atoms with Gasteiger partial charge in [-0.05, 0) is 58.3 Å². The Morgan fingerprint density at radius 2 is 1.69 bits per heavy atom. The zero-order chi connectivity index (χ0) is 26.3. The van der Waals surface area contributed by atoms with E-state index < -0.39 is 0 Å². The van der Waals surface area contributed by atoms with Gasteiger partial charge in [-0.3, -0.25) is 14.5 Å². The summed E-state index contributed by atoms with van der Waals surface area (Å²) in [5.74, 6) is 1.11. The van der Waals surface area contributed by atoms with Crippen LogP contribution >= 0.6 is 0 Å². The van der Waals surface area contributed by atoms with E-state index in [2.05, 4.69) is 50.8 Å². The van der Waals surface area contributed by atoms with Crippen LogP contribution < -0.4 is 15.6 Å². The number of pyridine rings is 1. The molecule has 0 saturated heterocycles. The second-order valence-electron chi connectivity index (χ2n) is 9.15. The van der Waals surface area contributed by atoms with Gasteiger partial charge in [0.05, 0.1) is 23.6 Å². The van der Waals surface area contributed by atoms with Crippen LogP contribution in [0, 0.1) is 0 Å². The number of H-pyrrole nitrogens is 1. The minimum atomic E-state index is -0.213. The molecule has 3 heterocycles. The molecular formula is C31H22N6O2. The molecule has 8 heteroatoms. The van der Waals surface area contributed by atoms with Crippen LogP contribution in [0.2, 0.25) is 0 Å². The first-order valence-electron chi connectivity index (χ1n) is 12.4. The van der Waals surface area contributed by atoms with Crippen LogP contribution in [0.5, 0.6) is 5.75 Å². The molecule has 0 aliphatic carbocycles.